The van der Waals surface area contributed by atoms with Crippen LogP contribution in [0.2, 0.25) is 0 Å². The van der Waals surface area contributed by atoms with Gasteiger partial charge in [-0.2, -0.15) is 0 Å². The van der Waals surface area contributed by atoms with Gasteiger partial charge < -0.3 is 14.1 Å². The molecule has 0 bridgehead atoms. The predicted octanol–water partition coefficient (Wildman–Crippen LogP) is 3.16. The fourth-order valence-electron chi connectivity index (χ4n) is 3.52. The average Bonchev–Trinajstić information content (AvgIpc) is 3.07. The maximum atomic E-state index is 12.7. The van der Waals surface area contributed by atoms with Crippen LogP contribution in [0.15, 0.2) is 22.8 Å². The van der Waals surface area contributed by atoms with Crippen LogP contribution in [0, 0.1) is 25.7 Å². The zero-order valence-corrected chi connectivity index (χ0v) is 13.1. The van der Waals surface area contributed by atoms with Crippen molar-refractivity contribution in [2.24, 2.45) is 11.8 Å². The number of likely N-dealkylation sites (tertiary alicyclic amines) is 1. The molecule has 4 rings (SSSR count). The maximum absolute atomic E-state index is 12.7. The minimum atomic E-state index is 0.0946. The van der Waals surface area contributed by atoms with E-state index in [0.717, 1.165) is 43.7 Å². The number of hydrogen-bond donors (Lipinski definition) is 0. The lowest BCUT2D eigenvalue weighted by atomic mass is 9.85. The van der Waals surface area contributed by atoms with Gasteiger partial charge in [-0.15, -0.1) is 0 Å². The molecule has 0 saturated carbocycles. The topological polar surface area (TPSA) is 42.7 Å². The van der Waals surface area contributed by atoms with E-state index in [4.69, 9.17) is 9.15 Å². The predicted molar refractivity (Wildman–Crippen MR) is 84.0 cm³/mol. The summed E-state index contributed by atoms with van der Waals surface area (Å²) < 4.78 is 11.0. The number of rotatable bonds is 2. The van der Waals surface area contributed by atoms with E-state index in [-0.39, 0.29) is 5.91 Å². The van der Waals surface area contributed by atoms with Gasteiger partial charge in [0.05, 0.1) is 5.56 Å². The number of aryl methyl sites for hydroxylation is 2. The van der Waals surface area contributed by atoms with Crippen LogP contribution in [-0.2, 0) is 4.74 Å². The smallest absolute Gasteiger partial charge is 0.257 e. The Morgan fingerprint density at radius 2 is 1.95 bits per heavy atom. The first-order valence-electron chi connectivity index (χ1n) is 7.99. The molecule has 2 fully saturated rings. The fourth-order valence-corrected chi connectivity index (χ4v) is 3.52. The molecule has 2 aromatic rings. The number of carbonyl (C=O) groups excluding carboxylic acids is 1. The van der Waals surface area contributed by atoms with Gasteiger partial charge in [-0.3, -0.25) is 4.79 Å². The Hall–Kier alpha value is -1.81. The Kier molecular flexibility index (Phi) is 3.22. The van der Waals surface area contributed by atoms with Gasteiger partial charge in [0.1, 0.15) is 11.8 Å². The normalized spacial score (nSPS) is 22.3. The van der Waals surface area contributed by atoms with Crippen molar-refractivity contribution in [3.63, 3.8) is 0 Å². The maximum Gasteiger partial charge on any atom is 0.257 e. The molecule has 3 heterocycles. The second-order valence-corrected chi connectivity index (χ2v) is 6.68. The SMILES string of the molecule is Cc1cc2occ(C(=O)N3CC(C4CCOC4)C3)c2cc1C. The van der Waals surface area contributed by atoms with Gasteiger partial charge in [0.15, 0.2) is 0 Å². The molecule has 0 N–H and O–H groups in total. The summed E-state index contributed by atoms with van der Waals surface area (Å²) in [5.74, 6) is 1.33. The zero-order valence-electron chi connectivity index (χ0n) is 13.1. The average molecular weight is 299 g/mol. The molecule has 1 unspecified atom stereocenters. The molecular weight excluding hydrogens is 278 g/mol. The number of amides is 1. The summed E-state index contributed by atoms with van der Waals surface area (Å²) in [5.41, 5.74) is 3.87. The van der Waals surface area contributed by atoms with Crippen LogP contribution < -0.4 is 0 Å². The molecule has 1 aromatic heterocycles. The monoisotopic (exact) mass is 299 g/mol. The molecule has 0 aliphatic carbocycles. The number of fused-ring (bicyclic) bond motifs is 1. The molecule has 4 nitrogen and oxygen atoms in total. The van der Waals surface area contributed by atoms with Gasteiger partial charge in [-0.05, 0) is 55.4 Å². The van der Waals surface area contributed by atoms with Gasteiger partial charge >= 0.3 is 0 Å². The molecule has 2 aliphatic rings. The fraction of sp³-hybridized carbons (Fsp3) is 0.500. The van der Waals surface area contributed by atoms with Crippen LogP contribution in [-0.4, -0.2) is 37.1 Å². The Balaban J connectivity index is 1.53. The number of furan rings is 1. The van der Waals surface area contributed by atoms with Crippen molar-refractivity contribution in [1.82, 2.24) is 4.90 Å². The van der Waals surface area contributed by atoms with E-state index in [1.54, 1.807) is 6.26 Å². The zero-order chi connectivity index (χ0) is 15.3. The molecule has 1 atom stereocenters. The summed E-state index contributed by atoms with van der Waals surface area (Å²) in [6, 6.07) is 4.07. The van der Waals surface area contributed by atoms with E-state index in [1.165, 1.54) is 11.1 Å². The molecular formula is C18H21NO3. The first kappa shape index (κ1) is 13.8. The van der Waals surface area contributed by atoms with Crippen LogP contribution in [0.25, 0.3) is 11.0 Å². The van der Waals surface area contributed by atoms with E-state index in [1.807, 2.05) is 11.0 Å². The molecule has 1 amide bonds. The van der Waals surface area contributed by atoms with Gasteiger partial charge in [-0.25, -0.2) is 0 Å². The highest BCUT2D eigenvalue weighted by Crippen LogP contribution is 2.32. The van der Waals surface area contributed by atoms with Crippen molar-refractivity contribution >= 4 is 16.9 Å². The van der Waals surface area contributed by atoms with E-state index in [9.17, 15) is 4.79 Å². The molecule has 2 saturated heterocycles. The summed E-state index contributed by atoms with van der Waals surface area (Å²) in [4.78, 5) is 14.6. The minimum Gasteiger partial charge on any atom is -0.463 e. The van der Waals surface area contributed by atoms with Crippen LogP contribution in [0.3, 0.4) is 0 Å². The number of nitrogens with zero attached hydrogens (tertiary/aromatic N) is 1. The summed E-state index contributed by atoms with van der Waals surface area (Å²) in [5, 5.41) is 0.931. The lowest BCUT2D eigenvalue weighted by Gasteiger charge is -2.42. The summed E-state index contributed by atoms with van der Waals surface area (Å²) >= 11 is 0. The van der Waals surface area contributed by atoms with Crippen molar-refractivity contribution < 1.29 is 13.9 Å². The highest BCUT2D eigenvalue weighted by atomic mass is 16.5. The molecule has 2 aliphatic heterocycles. The third-order valence-electron chi connectivity index (χ3n) is 5.25. The molecule has 0 radical (unpaired) electrons. The molecule has 0 spiro atoms. The minimum absolute atomic E-state index is 0.0946. The molecule has 116 valence electrons. The van der Waals surface area contributed by atoms with Gasteiger partial charge in [-0.1, -0.05) is 0 Å². The number of hydrogen-bond acceptors (Lipinski definition) is 3. The second-order valence-electron chi connectivity index (χ2n) is 6.68. The molecule has 4 heteroatoms. The van der Waals surface area contributed by atoms with E-state index in [2.05, 4.69) is 19.9 Å². The third kappa shape index (κ3) is 2.13. The summed E-state index contributed by atoms with van der Waals surface area (Å²) in [6.07, 6.45) is 2.75. The Morgan fingerprint density at radius 1 is 1.18 bits per heavy atom. The largest absolute Gasteiger partial charge is 0.463 e. The van der Waals surface area contributed by atoms with Crippen LogP contribution in [0.4, 0.5) is 0 Å². The van der Waals surface area contributed by atoms with E-state index >= 15 is 0 Å². The van der Waals surface area contributed by atoms with Crippen molar-refractivity contribution in [3.8, 4) is 0 Å². The van der Waals surface area contributed by atoms with Crippen molar-refractivity contribution in [1.29, 1.82) is 0 Å². The lowest BCUT2D eigenvalue weighted by Crippen LogP contribution is -2.52. The lowest BCUT2D eigenvalue weighted by molar-refractivity contribution is 0.0343. The van der Waals surface area contributed by atoms with Crippen LogP contribution in [0.1, 0.15) is 27.9 Å². The molecule has 22 heavy (non-hydrogen) atoms. The van der Waals surface area contributed by atoms with Gasteiger partial charge in [0, 0.05) is 31.7 Å². The quantitative estimate of drug-likeness (QED) is 0.855. The standard InChI is InChI=1S/C18H21NO3/c1-11-5-15-16(10-22-17(15)6-12(11)2)18(20)19-7-14(8-19)13-3-4-21-9-13/h5-6,10,13-14H,3-4,7-9H2,1-2H3. The number of ether oxygens (including phenoxy) is 1. The third-order valence-corrected chi connectivity index (χ3v) is 5.25. The number of benzene rings is 1. The van der Waals surface area contributed by atoms with Crippen LogP contribution in [0.5, 0.6) is 0 Å². The van der Waals surface area contributed by atoms with Gasteiger partial charge in [0.25, 0.3) is 5.91 Å². The van der Waals surface area contributed by atoms with Gasteiger partial charge in [0.2, 0.25) is 0 Å². The highest BCUT2D eigenvalue weighted by Gasteiger charge is 2.38. The summed E-state index contributed by atoms with van der Waals surface area (Å²) in [6.45, 7) is 7.56. The van der Waals surface area contributed by atoms with E-state index in [0.29, 0.717) is 17.4 Å². The second kappa shape index (κ2) is 5.13. The summed E-state index contributed by atoms with van der Waals surface area (Å²) in [7, 11) is 0. The Morgan fingerprint density at radius 3 is 2.68 bits per heavy atom. The van der Waals surface area contributed by atoms with E-state index < -0.39 is 0 Å². The Bertz CT molecular complexity index is 721. The van der Waals surface area contributed by atoms with Crippen molar-refractivity contribution in [3.05, 3.63) is 35.1 Å². The van der Waals surface area contributed by atoms with Crippen molar-refractivity contribution in [2.45, 2.75) is 20.3 Å². The first-order valence-corrected chi connectivity index (χ1v) is 7.99. The number of carbonyl (C=O) groups is 1. The molecule has 1 aromatic carbocycles. The van der Waals surface area contributed by atoms with Crippen molar-refractivity contribution in [2.75, 3.05) is 26.3 Å². The van der Waals surface area contributed by atoms with Crippen LogP contribution >= 0.6 is 0 Å². The Labute approximate surface area is 130 Å². The highest BCUT2D eigenvalue weighted by molar-refractivity contribution is 6.06. The first-order chi connectivity index (χ1) is 10.6.